The number of hydrogen-bond donors (Lipinski definition) is 1. The molecule has 1 aromatic carbocycles. The summed E-state index contributed by atoms with van der Waals surface area (Å²) < 4.78 is 1.27. The van der Waals surface area contributed by atoms with Crippen LogP contribution in [0.5, 0.6) is 0 Å². The van der Waals surface area contributed by atoms with Gasteiger partial charge >= 0.3 is 63.7 Å². The van der Waals surface area contributed by atoms with E-state index < -0.39 is 0 Å². The molecule has 1 aromatic rings. The Morgan fingerprint density at radius 1 is 1.38 bits per heavy atom. The van der Waals surface area contributed by atoms with Crippen LogP contribution in [0, 0.1) is 24.7 Å². The van der Waals surface area contributed by atoms with E-state index in [1.165, 1.54) is 3.27 Å². The fourth-order valence-electron chi connectivity index (χ4n) is 0.507. The van der Waals surface area contributed by atoms with E-state index in [0.29, 0.717) is 0 Å². The Morgan fingerprint density at radius 2 is 2.12 bits per heavy atom. The molecule has 0 aromatic heterocycles. The van der Waals surface area contributed by atoms with Crippen LogP contribution in [0.15, 0.2) is 24.3 Å². The molecule has 0 bridgehead atoms. The number of nitrogen functional groups attached to an aromatic ring is 1. The Labute approximate surface area is 63.7 Å². The number of benzene rings is 1. The van der Waals surface area contributed by atoms with E-state index >= 15 is 0 Å². The summed E-state index contributed by atoms with van der Waals surface area (Å²) in [5.74, 6) is 0. The molecule has 42 valence electrons. The second-order valence-electron chi connectivity index (χ2n) is 1.56. The van der Waals surface area contributed by atoms with E-state index in [9.17, 15) is 0 Å². The summed E-state index contributed by atoms with van der Waals surface area (Å²) in [6, 6.07) is 7.87. The second kappa shape index (κ2) is 2.45. The van der Waals surface area contributed by atoms with Crippen LogP contribution in [0.3, 0.4) is 0 Å². The Morgan fingerprint density at radius 3 is 2.50 bits per heavy atom. The van der Waals surface area contributed by atoms with Gasteiger partial charge in [-0.2, -0.15) is 0 Å². The molecule has 1 rings (SSSR count). The second-order valence-corrected chi connectivity index (χ2v) is 3.25. The van der Waals surface area contributed by atoms with Crippen LogP contribution >= 0.6 is 0 Å². The molecule has 2 N–H and O–H groups in total. The molecule has 0 unspecified atom stereocenters. The first-order valence-corrected chi connectivity index (χ1v) is 3.77. The number of rotatable bonds is 0. The number of anilines is 1. The van der Waals surface area contributed by atoms with E-state index in [1.807, 2.05) is 24.3 Å². The summed E-state index contributed by atoms with van der Waals surface area (Å²) in [6.07, 6.45) is 0. The zero-order valence-corrected chi connectivity index (χ0v) is 7.20. The Hall–Kier alpha value is -0.0969. The number of hydrogen-bond acceptors (Lipinski definition) is 1. The standard InChI is InChI=1S/C6H6AtN/c7-5-2-1-3-6(8)4-5/h1-4H,8H2. The van der Waals surface area contributed by atoms with Crippen LogP contribution in [0.25, 0.3) is 0 Å². The van der Waals surface area contributed by atoms with Crippen molar-refractivity contribution in [1.29, 1.82) is 0 Å². The molecule has 0 aliphatic heterocycles. The van der Waals surface area contributed by atoms with Crippen molar-refractivity contribution in [1.82, 2.24) is 0 Å². The third-order valence-electron chi connectivity index (χ3n) is 0.849. The van der Waals surface area contributed by atoms with Gasteiger partial charge in [-0.25, -0.2) is 0 Å². The molecule has 0 aliphatic rings. The summed E-state index contributed by atoms with van der Waals surface area (Å²) in [5, 5.41) is 0. The fourth-order valence-corrected chi connectivity index (χ4v) is 1.28. The minimum atomic E-state index is 0.852. The van der Waals surface area contributed by atoms with Crippen molar-refractivity contribution in [3.8, 4) is 0 Å². The van der Waals surface area contributed by atoms with Crippen LogP contribution in [0.1, 0.15) is 0 Å². The molecule has 0 spiro atoms. The SMILES string of the molecule is Nc1cccc([At])c1. The first-order chi connectivity index (χ1) is 3.79. The van der Waals surface area contributed by atoms with Crippen LogP contribution < -0.4 is 9.01 Å². The average molecular weight is 302 g/mol. The predicted octanol–water partition coefficient (Wildman–Crippen LogP) is 0.443. The molecule has 0 heterocycles. The van der Waals surface area contributed by atoms with Gasteiger partial charge in [0.25, 0.3) is 0 Å². The van der Waals surface area contributed by atoms with Gasteiger partial charge in [-0.05, 0) is 0 Å². The molecule has 0 amide bonds. The molecule has 0 saturated carbocycles. The van der Waals surface area contributed by atoms with Crippen LogP contribution in [-0.2, 0) is 0 Å². The molecule has 8 heavy (non-hydrogen) atoms. The van der Waals surface area contributed by atoms with Crippen molar-refractivity contribution >= 4 is 8.96 Å². The summed E-state index contributed by atoms with van der Waals surface area (Å²) in [6.45, 7) is 0. The van der Waals surface area contributed by atoms with Crippen molar-refractivity contribution in [2.24, 2.45) is 0 Å². The molecule has 0 radical (unpaired) electrons. The maximum atomic E-state index is 5.47. The van der Waals surface area contributed by atoms with Gasteiger partial charge in [0.1, 0.15) is 0 Å². The molecule has 2 heteroatoms. The first-order valence-electron chi connectivity index (χ1n) is 2.30. The van der Waals surface area contributed by atoms with Crippen molar-refractivity contribution < 1.29 is 24.7 Å². The summed E-state index contributed by atoms with van der Waals surface area (Å²) >= 11 is 1.65. The first kappa shape index (κ1) is 6.03. The van der Waals surface area contributed by atoms with E-state index in [1.54, 1.807) is 24.7 Å². The van der Waals surface area contributed by atoms with Gasteiger partial charge in [0.2, 0.25) is 0 Å². The molecule has 0 aliphatic carbocycles. The molecular weight excluding hydrogens is 296 g/mol. The fraction of sp³-hybridized carbons (Fsp3) is 0. The van der Waals surface area contributed by atoms with Gasteiger partial charge in [-0.1, -0.05) is 0 Å². The van der Waals surface area contributed by atoms with Crippen molar-refractivity contribution in [3.63, 3.8) is 0 Å². The zero-order valence-electron chi connectivity index (χ0n) is 4.26. The molecule has 0 fully saturated rings. The van der Waals surface area contributed by atoms with Crippen molar-refractivity contribution in [3.05, 3.63) is 24.3 Å². The zero-order chi connectivity index (χ0) is 5.98. The quantitative estimate of drug-likeness (QED) is 0.692. The third-order valence-corrected chi connectivity index (χ3v) is 1.76. The van der Waals surface area contributed by atoms with E-state index in [2.05, 4.69) is 0 Å². The normalized spacial score (nSPS) is 9.12. The molecule has 0 saturated heterocycles. The Bertz CT molecular complexity index is 168. The Kier molecular flexibility index (Phi) is 1.85. The number of nitrogens with two attached hydrogens (primary N) is 1. The third kappa shape index (κ3) is 1.45. The van der Waals surface area contributed by atoms with Crippen LogP contribution in [-0.4, -0.2) is 0 Å². The van der Waals surface area contributed by atoms with E-state index in [4.69, 9.17) is 5.73 Å². The van der Waals surface area contributed by atoms with E-state index in [-0.39, 0.29) is 0 Å². The molecular formula is C6H6AtN. The summed E-state index contributed by atoms with van der Waals surface area (Å²) in [7, 11) is 0. The van der Waals surface area contributed by atoms with E-state index in [0.717, 1.165) is 5.69 Å². The predicted molar refractivity (Wildman–Crippen MR) is 30.5 cm³/mol. The monoisotopic (exact) mass is 302 g/mol. The maximum absolute atomic E-state index is 5.47. The average Bonchev–Trinajstić information content (AvgIpc) is 1.64. The van der Waals surface area contributed by atoms with Gasteiger partial charge in [0.05, 0.1) is 0 Å². The molecule has 1 nitrogen and oxygen atoms in total. The van der Waals surface area contributed by atoms with Gasteiger partial charge in [0, 0.05) is 0 Å². The van der Waals surface area contributed by atoms with Crippen molar-refractivity contribution in [2.45, 2.75) is 0 Å². The van der Waals surface area contributed by atoms with Gasteiger partial charge in [0.15, 0.2) is 0 Å². The minimum absolute atomic E-state index is 0.852. The van der Waals surface area contributed by atoms with Gasteiger partial charge < -0.3 is 0 Å². The van der Waals surface area contributed by atoms with Crippen molar-refractivity contribution in [2.75, 3.05) is 5.73 Å². The van der Waals surface area contributed by atoms with Crippen LogP contribution in [0.4, 0.5) is 5.69 Å². The van der Waals surface area contributed by atoms with Gasteiger partial charge in [-0.3, -0.25) is 0 Å². The molecule has 0 atom stereocenters. The van der Waals surface area contributed by atoms with Gasteiger partial charge in [-0.15, -0.1) is 0 Å². The Balaban J connectivity index is 3.08. The topological polar surface area (TPSA) is 26.0 Å². The van der Waals surface area contributed by atoms with Crippen LogP contribution in [0.2, 0.25) is 0 Å². The summed E-state index contributed by atoms with van der Waals surface area (Å²) in [4.78, 5) is 0. The summed E-state index contributed by atoms with van der Waals surface area (Å²) in [5.41, 5.74) is 6.32.